The van der Waals surface area contributed by atoms with Gasteiger partial charge < -0.3 is 14.0 Å². The number of ether oxygens (including phenoxy) is 2. The number of pyridine rings is 1. The van der Waals surface area contributed by atoms with E-state index in [2.05, 4.69) is 77.3 Å². The van der Waals surface area contributed by atoms with Gasteiger partial charge in [0.2, 0.25) is 0 Å². The molecule has 0 radical (unpaired) electrons. The number of benzene rings is 3. The van der Waals surface area contributed by atoms with E-state index < -0.39 is 0 Å². The molecule has 160 valence electrons. The highest BCUT2D eigenvalue weighted by Crippen LogP contribution is 2.41. The molecule has 32 heavy (non-hydrogen) atoms. The molecule has 0 fully saturated rings. The Balaban J connectivity index is 1.78. The predicted molar refractivity (Wildman–Crippen MR) is 128 cm³/mol. The Hall–Kier alpha value is -3.86. The van der Waals surface area contributed by atoms with Gasteiger partial charge in [0, 0.05) is 35.3 Å². The van der Waals surface area contributed by atoms with E-state index in [1.807, 2.05) is 18.2 Å². The van der Waals surface area contributed by atoms with Crippen LogP contribution >= 0.6 is 0 Å². The SMILES string of the molecule is COc1cc2c3nnc(-c4ccc(C)c(C)c4)c-3cn(Cc3ccccc3)c2cc1OC. The average Bonchev–Trinajstić information content (AvgIpc) is 3.24. The highest BCUT2D eigenvalue weighted by atomic mass is 16.5. The van der Waals surface area contributed by atoms with Crippen LogP contribution in [0, 0.1) is 13.8 Å². The first kappa shape index (κ1) is 20.1. The van der Waals surface area contributed by atoms with Crippen LogP contribution in [0.2, 0.25) is 0 Å². The normalized spacial score (nSPS) is 11.2. The van der Waals surface area contributed by atoms with Crippen molar-refractivity contribution >= 4 is 10.9 Å². The number of aromatic nitrogens is 3. The minimum Gasteiger partial charge on any atom is -0.493 e. The fourth-order valence-corrected chi connectivity index (χ4v) is 4.17. The van der Waals surface area contributed by atoms with E-state index >= 15 is 0 Å². The van der Waals surface area contributed by atoms with Crippen molar-refractivity contribution in [1.82, 2.24) is 14.8 Å². The summed E-state index contributed by atoms with van der Waals surface area (Å²) in [7, 11) is 3.31. The van der Waals surface area contributed by atoms with E-state index in [1.165, 1.54) is 16.7 Å². The highest BCUT2D eigenvalue weighted by molar-refractivity contribution is 5.99. The summed E-state index contributed by atoms with van der Waals surface area (Å²) in [5.74, 6) is 1.37. The molecule has 0 bridgehead atoms. The molecule has 0 saturated carbocycles. The van der Waals surface area contributed by atoms with Crippen molar-refractivity contribution in [3.63, 3.8) is 0 Å². The summed E-state index contributed by atoms with van der Waals surface area (Å²) in [6.07, 6.45) is 2.15. The number of hydrogen-bond acceptors (Lipinski definition) is 4. The summed E-state index contributed by atoms with van der Waals surface area (Å²) in [6, 6.07) is 20.9. The fourth-order valence-electron chi connectivity index (χ4n) is 4.17. The maximum absolute atomic E-state index is 5.59. The van der Waals surface area contributed by atoms with Gasteiger partial charge in [-0.05, 0) is 42.7 Å². The summed E-state index contributed by atoms with van der Waals surface area (Å²) >= 11 is 0. The molecule has 0 unspecified atom stereocenters. The summed E-state index contributed by atoms with van der Waals surface area (Å²) < 4.78 is 13.4. The first-order valence-corrected chi connectivity index (χ1v) is 10.6. The molecular weight excluding hydrogens is 398 g/mol. The fraction of sp³-hybridized carbons (Fsp3) is 0.185. The molecule has 0 atom stereocenters. The molecule has 0 spiro atoms. The van der Waals surface area contributed by atoms with Gasteiger partial charge in [0.15, 0.2) is 11.5 Å². The lowest BCUT2D eigenvalue weighted by Crippen LogP contribution is -2.05. The van der Waals surface area contributed by atoms with Crippen molar-refractivity contribution in [3.8, 4) is 34.0 Å². The van der Waals surface area contributed by atoms with E-state index in [0.29, 0.717) is 11.5 Å². The Labute approximate surface area is 187 Å². The van der Waals surface area contributed by atoms with Crippen molar-refractivity contribution in [2.24, 2.45) is 0 Å². The van der Waals surface area contributed by atoms with Crippen molar-refractivity contribution < 1.29 is 9.47 Å². The van der Waals surface area contributed by atoms with Crippen LogP contribution in [-0.4, -0.2) is 29.0 Å². The van der Waals surface area contributed by atoms with Gasteiger partial charge in [-0.25, -0.2) is 0 Å². The molecule has 5 rings (SSSR count). The summed E-state index contributed by atoms with van der Waals surface area (Å²) in [5.41, 5.74) is 8.58. The number of hydrogen-bond donors (Lipinski definition) is 0. The quantitative estimate of drug-likeness (QED) is 0.354. The third-order valence-electron chi connectivity index (χ3n) is 6.09. The number of nitrogens with zero attached hydrogens (tertiary/aromatic N) is 3. The first-order valence-electron chi connectivity index (χ1n) is 10.6. The van der Waals surface area contributed by atoms with E-state index in [0.717, 1.165) is 40.0 Å². The zero-order valence-electron chi connectivity index (χ0n) is 18.7. The number of rotatable bonds is 5. The molecule has 3 aromatic carbocycles. The van der Waals surface area contributed by atoms with Crippen molar-refractivity contribution in [2.45, 2.75) is 20.4 Å². The Bertz CT molecular complexity index is 1390. The molecule has 5 heteroatoms. The molecule has 0 aliphatic carbocycles. The van der Waals surface area contributed by atoms with Gasteiger partial charge in [-0.1, -0.05) is 42.5 Å². The van der Waals surface area contributed by atoms with E-state index in [-0.39, 0.29) is 0 Å². The molecule has 2 aliphatic heterocycles. The third-order valence-corrected chi connectivity index (χ3v) is 6.09. The van der Waals surface area contributed by atoms with Crippen molar-refractivity contribution in [3.05, 3.63) is 83.6 Å². The number of methoxy groups -OCH3 is 2. The summed E-state index contributed by atoms with van der Waals surface area (Å²) in [5, 5.41) is 10.2. The minimum atomic E-state index is 0.675. The Morgan fingerprint density at radius 3 is 2.22 bits per heavy atom. The topological polar surface area (TPSA) is 49.2 Å². The Kier molecular flexibility index (Phi) is 5.02. The lowest BCUT2D eigenvalue weighted by molar-refractivity contribution is 0.355. The molecule has 0 N–H and O–H groups in total. The Morgan fingerprint density at radius 2 is 1.50 bits per heavy atom. The zero-order chi connectivity index (χ0) is 22.2. The number of aryl methyl sites for hydroxylation is 2. The molecule has 0 amide bonds. The zero-order valence-corrected chi connectivity index (χ0v) is 18.7. The van der Waals surface area contributed by atoms with E-state index in [4.69, 9.17) is 9.47 Å². The van der Waals surface area contributed by atoms with Gasteiger partial charge in [0.1, 0.15) is 11.4 Å². The second-order valence-corrected chi connectivity index (χ2v) is 8.08. The van der Waals surface area contributed by atoms with Crippen LogP contribution in [0.5, 0.6) is 11.5 Å². The maximum Gasteiger partial charge on any atom is 0.162 e. The summed E-state index contributed by atoms with van der Waals surface area (Å²) in [6.45, 7) is 4.97. The van der Waals surface area contributed by atoms with Crippen LogP contribution < -0.4 is 9.47 Å². The van der Waals surface area contributed by atoms with Gasteiger partial charge in [0.25, 0.3) is 0 Å². The third kappa shape index (κ3) is 3.36. The monoisotopic (exact) mass is 423 g/mol. The van der Waals surface area contributed by atoms with Crippen LogP contribution in [0.4, 0.5) is 0 Å². The molecule has 2 heterocycles. The molecule has 5 nitrogen and oxygen atoms in total. The average molecular weight is 424 g/mol. The molecular formula is C27H25N3O2. The molecule has 3 aromatic rings. The summed E-state index contributed by atoms with van der Waals surface area (Å²) in [4.78, 5) is 0. The second-order valence-electron chi connectivity index (χ2n) is 8.08. The van der Waals surface area contributed by atoms with Crippen LogP contribution in [0.25, 0.3) is 33.4 Å². The van der Waals surface area contributed by atoms with Crippen LogP contribution in [0.1, 0.15) is 16.7 Å². The minimum absolute atomic E-state index is 0.675. The largest absolute Gasteiger partial charge is 0.493 e. The van der Waals surface area contributed by atoms with Crippen molar-refractivity contribution in [1.29, 1.82) is 0 Å². The van der Waals surface area contributed by atoms with E-state index in [1.54, 1.807) is 14.2 Å². The van der Waals surface area contributed by atoms with Gasteiger partial charge >= 0.3 is 0 Å². The van der Waals surface area contributed by atoms with Crippen LogP contribution in [0.3, 0.4) is 0 Å². The smallest absolute Gasteiger partial charge is 0.162 e. The highest BCUT2D eigenvalue weighted by Gasteiger charge is 2.22. The predicted octanol–water partition coefficient (Wildman–Crippen LogP) is 5.89. The standard InChI is InChI=1S/C27H25N3O2/c1-17-10-11-20(12-18(17)2)26-22-16-30(15-19-8-6-5-7-9-19)23-14-25(32-4)24(31-3)13-21(23)27(22)29-28-26/h5-14,16H,15H2,1-4H3. The molecule has 0 saturated heterocycles. The van der Waals surface area contributed by atoms with Gasteiger partial charge in [-0.2, -0.15) is 0 Å². The van der Waals surface area contributed by atoms with Gasteiger partial charge in [0.05, 0.1) is 19.7 Å². The number of fused-ring (bicyclic) bond motifs is 3. The van der Waals surface area contributed by atoms with Gasteiger partial charge in [-0.15, -0.1) is 10.2 Å². The lowest BCUT2D eigenvalue weighted by atomic mass is 9.98. The first-order chi connectivity index (χ1) is 15.6. The molecule has 0 aromatic heterocycles. The maximum atomic E-state index is 5.59. The van der Waals surface area contributed by atoms with E-state index in [9.17, 15) is 0 Å². The van der Waals surface area contributed by atoms with Gasteiger partial charge in [-0.3, -0.25) is 0 Å². The van der Waals surface area contributed by atoms with Crippen LogP contribution in [-0.2, 0) is 6.54 Å². The second kappa shape index (κ2) is 8.00. The molecule has 2 aliphatic rings. The Morgan fingerprint density at radius 1 is 0.781 bits per heavy atom. The van der Waals surface area contributed by atoms with Crippen molar-refractivity contribution in [2.75, 3.05) is 14.2 Å². The lowest BCUT2D eigenvalue weighted by Gasteiger charge is -2.18. The van der Waals surface area contributed by atoms with Crippen LogP contribution in [0.15, 0.2) is 66.9 Å².